The monoisotopic (exact) mass is 401 g/mol. The normalized spacial score (nSPS) is 19.1. The van der Waals surface area contributed by atoms with Gasteiger partial charge >= 0.3 is 0 Å². The van der Waals surface area contributed by atoms with Gasteiger partial charge in [0.25, 0.3) is 0 Å². The van der Waals surface area contributed by atoms with Gasteiger partial charge in [-0.3, -0.25) is 0 Å². The average molecular weight is 402 g/mol. The molecule has 1 aliphatic carbocycles. The number of hydrogen-bond donors (Lipinski definition) is 5. The van der Waals surface area contributed by atoms with E-state index in [1.54, 1.807) is 12.1 Å². The van der Waals surface area contributed by atoms with Gasteiger partial charge in [-0.1, -0.05) is 0 Å². The quantitative estimate of drug-likeness (QED) is 0.272. The second-order valence-electron chi connectivity index (χ2n) is 7.68. The van der Waals surface area contributed by atoms with Crippen LogP contribution in [-0.2, 0) is 0 Å². The Morgan fingerprint density at radius 2 is 1.62 bits per heavy atom. The van der Waals surface area contributed by atoms with Gasteiger partial charge < -0.3 is 36.9 Å². The number of nitrogens with two attached hydrogens (primary N) is 3. The maximum Gasteiger partial charge on any atom is 0.153 e. The molecule has 0 aliphatic heterocycles. The molecule has 0 amide bonds. The molecule has 1 aliphatic rings. The van der Waals surface area contributed by atoms with Crippen molar-refractivity contribution in [2.45, 2.75) is 44.6 Å². The van der Waals surface area contributed by atoms with E-state index >= 15 is 0 Å². The van der Waals surface area contributed by atoms with Gasteiger partial charge in [0.05, 0.1) is 31.2 Å². The van der Waals surface area contributed by atoms with Crippen LogP contribution in [0.2, 0.25) is 0 Å². The third-order valence-corrected chi connectivity index (χ3v) is 5.75. The summed E-state index contributed by atoms with van der Waals surface area (Å²) in [4.78, 5) is 0. The van der Waals surface area contributed by atoms with Crippen molar-refractivity contribution in [1.29, 1.82) is 0 Å². The predicted molar refractivity (Wildman–Crippen MR) is 116 cm³/mol. The number of phenols is 1. The molecule has 2 aromatic carbocycles. The van der Waals surface area contributed by atoms with Gasteiger partial charge in [-0.25, -0.2) is 0 Å². The molecule has 7 nitrogen and oxygen atoms in total. The first-order valence-corrected chi connectivity index (χ1v) is 10.1. The molecular weight excluding hydrogens is 370 g/mol. The summed E-state index contributed by atoms with van der Waals surface area (Å²) < 4.78 is 11.4. The van der Waals surface area contributed by atoms with Gasteiger partial charge in [-0.05, 0) is 68.7 Å². The largest absolute Gasteiger partial charge is 0.506 e. The van der Waals surface area contributed by atoms with E-state index in [9.17, 15) is 10.2 Å². The van der Waals surface area contributed by atoms with E-state index in [-0.39, 0.29) is 23.2 Å². The summed E-state index contributed by atoms with van der Waals surface area (Å²) in [7, 11) is 1.54. The van der Waals surface area contributed by atoms with Crippen LogP contribution in [0.4, 0.5) is 17.1 Å². The number of benzene rings is 2. The van der Waals surface area contributed by atoms with Crippen molar-refractivity contribution in [2.75, 3.05) is 30.9 Å². The highest BCUT2D eigenvalue weighted by atomic mass is 16.5. The van der Waals surface area contributed by atoms with Crippen molar-refractivity contribution in [3.8, 4) is 28.4 Å². The molecular formula is C22H31N3O4. The van der Waals surface area contributed by atoms with Crippen LogP contribution in [0.5, 0.6) is 17.2 Å². The fourth-order valence-corrected chi connectivity index (χ4v) is 3.99. The summed E-state index contributed by atoms with van der Waals surface area (Å²) in [5, 5.41) is 19.3. The maximum absolute atomic E-state index is 9.73. The lowest BCUT2D eigenvalue weighted by Gasteiger charge is -2.25. The highest BCUT2D eigenvalue weighted by Gasteiger charge is 2.20. The number of phenolic OH excluding ortho intramolecular Hbond substituents is 1. The van der Waals surface area contributed by atoms with Crippen LogP contribution >= 0.6 is 0 Å². The molecule has 0 atom stereocenters. The van der Waals surface area contributed by atoms with E-state index in [4.69, 9.17) is 26.7 Å². The fourth-order valence-electron chi connectivity index (χ4n) is 3.99. The predicted octanol–water partition coefficient (Wildman–Crippen LogP) is 3.52. The number of hydrogen-bond acceptors (Lipinski definition) is 7. The van der Waals surface area contributed by atoms with Crippen molar-refractivity contribution in [3.63, 3.8) is 0 Å². The first-order chi connectivity index (χ1) is 13.9. The zero-order chi connectivity index (χ0) is 21.0. The van der Waals surface area contributed by atoms with Gasteiger partial charge in [0.1, 0.15) is 17.2 Å². The second kappa shape index (κ2) is 9.13. The van der Waals surface area contributed by atoms with Crippen LogP contribution < -0.4 is 26.7 Å². The first-order valence-electron chi connectivity index (χ1n) is 10.1. The molecule has 7 heteroatoms. The summed E-state index contributed by atoms with van der Waals surface area (Å²) in [6.45, 7) is 0.569. The summed E-state index contributed by atoms with van der Waals surface area (Å²) in [6.07, 6.45) is 5.89. The maximum atomic E-state index is 9.73. The van der Waals surface area contributed by atoms with Crippen LogP contribution in [-0.4, -0.2) is 30.0 Å². The molecule has 0 spiro atoms. The number of anilines is 3. The van der Waals surface area contributed by atoms with Gasteiger partial charge in [0.15, 0.2) is 5.75 Å². The Bertz CT molecular complexity index is 848. The Morgan fingerprint density at radius 3 is 2.31 bits per heavy atom. The van der Waals surface area contributed by atoms with Crippen LogP contribution in [0.1, 0.15) is 38.5 Å². The smallest absolute Gasteiger partial charge is 0.153 e. The number of methoxy groups -OCH3 is 1. The van der Waals surface area contributed by atoms with E-state index < -0.39 is 0 Å². The molecule has 29 heavy (non-hydrogen) atoms. The summed E-state index contributed by atoms with van der Waals surface area (Å²) >= 11 is 0. The zero-order valence-corrected chi connectivity index (χ0v) is 16.9. The molecule has 3 rings (SSSR count). The number of aliphatic hydroxyl groups is 1. The van der Waals surface area contributed by atoms with E-state index in [1.165, 1.54) is 13.2 Å². The lowest BCUT2D eigenvalue weighted by molar-refractivity contribution is 0.104. The second-order valence-corrected chi connectivity index (χ2v) is 7.68. The standard InChI is InChI=1S/C22H31N3O4/c1-28-22-16(15-8-10-17(27)20(24)19(15)23)9-11-18(21(22)25)29-12-2-3-13-4-6-14(26)7-5-13/h8-11,13-14,26-27H,2-7,12,23-25H2,1H3. The van der Waals surface area contributed by atoms with Crippen LogP contribution in [0.3, 0.4) is 0 Å². The third-order valence-electron chi connectivity index (χ3n) is 5.75. The highest BCUT2D eigenvalue weighted by molar-refractivity contribution is 5.92. The van der Waals surface area contributed by atoms with E-state index in [2.05, 4.69) is 0 Å². The SMILES string of the molecule is COc1c(-c2ccc(O)c(N)c2N)ccc(OCCCC2CCC(O)CC2)c1N. The Kier molecular flexibility index (Phi) is 6.59. The van der Waals surface area contributed by atoms with Crippen LogP contribution in [0, 0.1) is 5.92 Å². The number of aliphatic hydroxyl groups excluding tert-OH is 1. The molecule has 2 aromatic rings. The molecule has 0 bridgehead atoms. The van der Waals surface area contributed by atoms with Gasteiger partial charge in [0.2, 0.25) is 0 Å². The summed E-state index contributed by atoms with van der Waals surface area (Å²) in [5.41, 5.74) is 20.3. The third kappa shape index (κ3) is 4.62. The Balaban J connectivity index is 1.68. The molecule has 1 fully saturated rings. The van der Waals surface area contributed by atoms with Gasteiger partial charge in [-0.2, -0.15) is 0 Å². The lowest BCUT2D eigenvalue weighted by Crippen LogP contribution is -2.18. The molecule has 0 saturated heterocycles. The first kappa shape index (κ1) is 20.9. The Morgan fingerprint density at radius 1 is 0.931 bits per heavy atom. The molecule has 0 radical (unpaired) electrons. The van der Waals surface area contributed by atoms with Crippen molar-refractivity contribution in [2.24, 2.45) is 5.92 Å². The minimum atomic E-state index is -0.119. The van der Waals surface area contributed by atoms with Crippen LogP contribution in [0.25, 0.3) is 11.1 Å². The van der Waals surface area contributed by atoms with Crippen molar-refractivity contribution >= 4 is 17.1 Å². The number of ether oxygens (including phenoxy) is 2. The summed E-state index contributed by atoms with van der Waals surface area (Å²) in [6, 6.07) is 6.80. The number of rotatable bonds is 7. The van der Waals surface area contributed by atoms with E-state index in [0.717, 1.165) is 38.5 Å². The minimum Gasteiger partial charge on any atom is -0.506 e. The zero-order valence-electron chi connectivity index (χ0n) is 16.9. The molecule has 158 valence electrons. The highest BCUT2D eigenvalue weighted by Crippen LogP contribution is 2.45. The molecule has 0 heterocycles. The van der Waals surface area contributed by atoms with E-state index in [1.807, 2.05) is 6.07 Å². The van der Waals surface area contributed by atoms with Gasteiger partial charge in [-0.15, -0.1) is 0 Å². The fraction of sp³-hybridized carbons (Fsp3) is 0.455. The summed E-state index contributed by atoms with van der Waals surface area (Å²) in [5.74, 6) is 1.63. The minimum absolute atomic E-state index is 0.0642. The molecule has 0 unspecified atom stereocenters. The average Bonchev–Trinajstić information content (AvgIpc) is 2.72. The number of aromatic hydroxyl groups is 1. The lowest BCUT2D eigenvalue weighted by atomic mass is 9.85. The van der Waals surface area contributed by atoms with Crippen LogP contribution in [0.15, 0.2) is 24.3 Å². The molecule has 0 aromatic heterocycles. The van der Waals surface area contributed by atoms with E-state index in [0.29, 0.717) is 40.8 Å². The number of nitrogen functional groups attached to an aromatic ring is 3. The van der Waals surface area contributed by atoms with Crippen molar-refractivity contribution < 1.29 is 19.7 Å². The van der Waals surface area contributed by atoms with Gasteiger partial charge in [0, 0.05) is 11.1 Å². The van der Waals surface area contributed by atoms with Crippen molar-refractivity contribution in [3.05, 3.63) is 24.3 Å². The Hall–Kier alpha value is -2.80. The van der Waals surface area contributed by atoms with Crippen molar-refractivity contribution in [1.82, 2.24) is 0 Å². The molecule has 1 saturated carbocycles. The molecule has 8 N–H and O–H groups in total. The Labute approximate surface area is 171 Å². The topological polar surface area (TPSA) is 137 Å².